The SMILES string of the molecule is C[C@H](CNC(=O)c1[nH]c2ccccc2c1-c1ccccc1)COCCNC(=O)OC(C)(C)C. The van der Waals surface area contributed by atoms with Gasteiger partial charge in [-0.2, -0.15) is 0 Å². The molecule has 0 bridgehead atoms. The van der Waals surface area contributed by atoms with Crippen molar-refractivity contribution in [3.05, 3.63) is 60.3 Å². The molecule has 3 N–H and O–H groups in total. The second-order valence-corrected chi connectivity index (χ2v) is 9.11. The van der Waals surface area contributed by atoms with E-state index in [1.807, 2.05) is 82.3 Å². The molecule has 0 saturated heterocycles. The molecule has 0 saturated carbocycles. The fourth-order valence-electron chi connectivity index (χ4n) is 3.46. The van der Waals surface area contributed by atoms with E-state index in [0.29, 0.717) is 32.0 Å². The van der Waals surface area contributed by atoms with Crippen molar-refractivity contribution in [2.45, 2.75) is 33.3 Å². The van der Waals surface area contributed by atoms with Crippen molar-refractivity contribution in [2.24, 2.45) is 5.92 Å². The summed E-state index contributed by atoms with van der Waals surface area (Å²) in [4.78, 5) is 27.9. The summed E-state index contributed by atoms with van der Waals surface area (Å²) in [6.07, 6.45) is -0.459. The highest BCUT2D eigenvalue weighted by molar-refractivity contribution is 6.09. The van der Waals surface area contributed by atoms with Crippen molar-refractivity contribution >= 4 is 22.9 Å². The Kier molecular flexibility index (Phi) is 8.11. The molecule has 2 aromatic carbocycles. The number of hydrogen-bond donors (Lipinski definition) is 3. The van der Waals surface area contributed by atoms with Gasteiger partial charge in [0.25, 0.3) is 5.91 Å². The molecular weight excluding hydrogens is 418 g/mol. The molecule has 0 unspecified atom stereocenters. The Morgan fingerprint density at radius 2 is 1.70 bits per heavy atom. The molecule has 2 amide bonds. The largest absolute Gasteiger partial charge is 0.444 e. The lowest BCUT2D eigenvalue weighted by molar-refractivity contribution is 0.0486. The number of rotatable bonds is 9. The van der Waals surface area contributed by atoms with Gasteiger partial charge in [-0.25, -0.2) is 4.79 Å². The van der Waals surface area contributed by atoms with Crippen molar-refractivity contribution in [2.75, 3.05) is 26.3 Å². The molecule has 7 nitrogen and oxygen atoms in total. The summed E-state index contributed by atoms with van der Waals surface area (Å²) < 4.78 is 10.8. The van der Waals surface area contributed by atoms with Gasteiger partial charge in [0.05, 0.1) is 13.2 Å². The minimum atomic E-state index is -0.525. The zero-order valence-corrected chi connectivity index (χ0v) is 19.7. The minimum Gasteiger partial charge on any atom is -0.444 e. The van der Waals surface area contributed by atoms with Crippen molar-refractivity contribution in [1.29, 1.82) is 0 Å². The smallest absolute Gasteiger partial charge is 0.407 e. The van der Waals surface area contributed by atoms with Crippen molar-refractivity contribution in [3.8, 4) is 11.1 Å². The third-order valence-corrected chi connectivity index (χ3v) is 4.92. The normalized spacial score (nSPS) is 12.4. The van der Waals surface area contributed by atoms with Crippen molar-refractivity contribution < 1.29 is 19.1 Å². The maximum atomic E-state index is 13.0. The Hall–Kier alpha value is -3.32. The van der Waals surface area contributed by atoms with E-state index in [2.05, 4.69) is 15.6 Å². The van der Waals surface area contributed by atoms with E-state index in [4.69, 9.17) is 9.47 Å². The summed E-state index contributed by atoms with van der Waals surface area (Å²) in [5, 5.41) is 6.69. The lowest BCUT2D eigenvalue weighted by atomic mass is 10.0. The third kappa shape index (κ3) is 7.08. The first kappa shape index (κ1) is 24.3. The zero-order chi connectivity index (χ0) is 23.8. The number of alkyl carbamates (subject to hydrolysis) is 1. The van der Waals surface area contributed by atoms with Crippen LogP contribution in [0.1, 0.15) is 38.2 Å². The highest BCUT2D eigenvalue weighted by Crippen LogP contribution is 2.32. The molecule has 0 aliphatic heterocycles. The van der Waals surface area contributed by atoms with Gasteiger partial charge in [-0.05, 0) is 38.3 Å². The predicted molar refractivity (Wildman–Crippen MR) is 130 cm³/mol. The van der Waals surface area contributed by atoms with Gasteiger partial charge in [0.2, 0.25) is 0 Å². The average molecular weight is 452 g/mol. The second-order valence-electron chi connectivity index (χ2n) is 9.11. The van der Waals surface area contributed by atoms with Gasteiger partial charge in [-0.1, -0.05) is 55.5 Å². The number of carbonyl (C=O) groups excluding carboxylic acids is 2. The van der Waals surface area contributed by atoms with E-state index in [1.165, 1.54) is 0 Å². The molecule has 1 atom stereocenters. The number of benzene rings is 2. The number of aromatic amines is 1. The molecule has 3 rings (SSSR count). The number of H-pyrrole nitrogens is 1. The molecule has 0 aliphatic rings. The first-order valence-electron chi connectivity index (χ1n) is 11.2. The van der Waals surface area contributed by atoms with Gasteiger partial charge >= 0.3 is 6.09 Å². The van der Waals surface area contributed by atoms with Crippen LogP contribution in [-0.4, -0.2) is 48.9 Å². The minimum absolute atomic E-state index is 0.111. The fraction of sp³-hybridized carbons (Fsp3) is 0.385. The summed E-state index contributed by atoms with van der Waals surface area (Å²) in [6, 6.07) is 17.8. The molecular formula is C26H33N3O4. The summed E-state index contributed by atoms with van der Waals surface area (Å²) in [6.45, 7) is 9.13. The standard InChI is InChI=1S/C26H33N3O4/c1-18(17-32-15-14-27-25(31)33-26(2,3)4)16-28-24(30)23-22(19-10-6-5-7-11-19)20-12-8-9-13-21(20)29-23/h5-13,18,29H,14-17H2,1-4H3,(H,27,31)(H,28,30)/t18-/m1/s1. The Morgan fingerprint density at radius 3 is 2.42 bits per heavy atom. The first-order valence-corrected chi connectivity index (χ1v) is 11.2. The number of ether oxygens (including phenoxy) is 2. The van der Waals surface area contributed by atoms with E-state index in [0.717, 1.165) is 22.0 Å². The van der Waals surface area contributed by atoms with Gasteiger partial charge in [0.1, 0.15) is 11.3 Å². The number of fused-ring (bicyclic) bond motifs is 1. The molecule has 0 radical (unpaired) electrons. The summed E-state index contributed by atoms with van der Waals surface area (Å²) in [7, 11) is 0. The number of nitrogens with one attached hydrogen (secondary N) is 3. The van der Waals surface area contributed by atoms with Crippen LogP contribution >= 0.6 is 0 Å². The third-order valence-electron chi connectivity index (χ3n) is 4.92. The van der Waals surface area contributed by atoms with Crippen LogP contribution in [0.15, 0.2) is 54.6 Å². The quantitative estimate of drug-likeness (QED) is 0.410. The van der Waals surface area contributed by atoms with Crippen LogP contribution in [0.4, 0.5) is 4.79 Å². The second kappa shape index (κ2) is 11.0. The van der Waals surface area contributed by atoms with E-state index < -0.39 is 11.7 Å². The summed E-state index contributed by atoms with van der Waals surface area (Å²) >= 11 is 0. The average Bonchev–Trinajstić information content (AvgIpc) is 3.16. The zero-order valence-electron chi connectivity index (χ0n) is 19.7. The topological polar surface area (TPSA) is 92.5 Å². The highest BCUT2D eigenvalue weighted by Gasteiger charge is 2.19. The van der Waals surface area contributed by atoms with E-state index in [-0.39, 0.29) is 11.8 Å². The first-order chi connectivity index (χ1) is 15.7. The van der Waals surface area contributed by atoms with Crippen molar-refractivity contribution in [1.82, 2.24) is 15.6 Å². The number of para-hydroxylation sites is 1. The molecule has 33 heavy (non-hydrogen) atoms. The monoisotopic (exact) mass is 451 g/mol. The van der Waals surface area contributed by atoms with Crippen LogP contribution in [0, 0.1) is 5.92 Å². The van der Waals surface area contributed by atoms with Gasteiger partial charge in [-0.15, -0.1) is 0 Å². The maximum Gasteiger partial charge on any atom is 0.407 e. The molecule has 176 valence electrons. The molecule has 3 aromatic rings. The number of carbonyl (C=O) groups is 2. The number of aromatic nitrogens is 1. The molecule has 1 aromatic heterocycles. The van der Waals surface area contributed by atoms with Crippen LogP contribution < -0.4 is 10.6 Å². The van der Waals surface area contributed by atoms with Crippen LogP contribution in [0.2, 0.25) is 0 Å². The molecule has 0 fully saturated rings. The van der Waals surface area contributed by atoms with E-state index in [9.17, 15) is 9.59 Å². The lowest BCUT2D eigenvalue weighted by Gasteiger charge is -2.19. The summed E-state index contributed by atoms with van der Waals surface area (Å²) in [5.74, 6) is -0.0384. The summed E-state index contributed by atoms with van der Waals surface area (Å²) in [5.41, 5.74) is 2.85. The van der Waals surface area contributed by atoms with Crippen LogP contribution in [-0.2, 0) is 9.47 Å². The highest BCUT2D eigenvalue weighted by atomic mass is 16.6. The Bertz CT molecular complexity index is 1070. The van der Waals surface area contributed by atoms with E-state index >= 15 is 0 Å². The molecule has 0 spiro atoms. The van der Waals surface area contributed by atoms with E-state index in [1.54, 1.807) is 0 Å². The van der Waals surface area contributed by atoms with Gasteiger partial charge < -0.3 is 25.1 Å². The van der Waals surface area contributed by atoms with Crippen LogP contribution in [0.5, 0.6) is 0 Å². The maximum absolute atomic E-state index is 13.0. The number of amides is 2. The Morgan fingerprint density at radius 1 is 1.00 bits per heavy atom. The number of hydrogen-bond acceptors (Lipinski definition) is 4. The van der Waals surface area contributed by atoms with Crippen LogP contribution in [0.25, 0.3) is 22.0 Å². The fourth-order valence-corrected chi connectivity index (χ4v) is 3.46. The lowest BCUT2D eigenvalue weighted by Crippen LogP contribution is -2.35. The Labute approximate surface area is 194 Å². The molecule has 1 heterocycles. The van der Waals surface area contributed by atoms with Gasteiger partial charge in [0, 0.05) is 29.6 Å². The van der Waals surface area contributed by atoms with Gasteiger partial charge in [0.15, 0.2) is 0 Å². The Balaban J connectivity index is 1.50. The molecule has 0 aliphatic carbocycles. The molecule has 7 heteroatoms. The van der Waals surface area contributed by atoms with Gasteiger partial charge in [-0.3, -0.25) is 4.79 Å². The predicted octanol–water partition coefficient (Wildman–Crippen LogP) is 4.74. The van der Waals surface area contributed by atoms with Crippen molar-refractivity contribution in [3.63, 3.8) is 0 Å². The van der Waals surface area contributed by atoms with Crippen LogP contribution in [0.3, 0.4) is 0 Å².